The highest BCUT2D eigenvalue weighted by Gasteiger charge is 2.27. The van der Waals surface area contributed by atoms with Crippen LogP contribution in [0, 0.1) is 5.92 Å². The Bertz CT molecular complexity index is 779. The first-order valence-electron chi connectivity index (χ1n) is 9.54. The molecule has 1 aliphatic carbocycles. The number of aromatic carboxylic acids is 1. The van der Waals surface area contributed by atoms with Gasteiger partial charge in [-0.25, -0.2) is 18.4 Å². The van der Waals surface area contributed by atoms with Crippen LogP contribution in [0.1, 0.15) is 55.8 Å². The number of benzene rings is 1. The number of piperidine rings is 1. The molecule has 7 nitrogen and oxygen atoms in total. The number of carbonyl (C=O) groups is 1. The van der Waals surface area contributed by atoms with Crippen LogP contribution in [0.2, 0.25) is 0 Å². The summed E-state index contributed by atoms with van der Waals surface area (Å²) in [5.41, 5.74) is 0.488. The van der Waals surface area contributed by atoms with Crippen molar-refractivity contribution in [2.75, 3.05) is 18.0 Å². The van der Waals surface area contributed by atoms with Crippen molar-refractivity contribution >= 4 is 21.7 Å². The van der Waals surface area contributed by atoms with Crippen molar-refractivity contribution in [3.8, 4) is 0 Å². The Balaban J connectivity index is 1.64. The Labute approximate surface area is 160 Å². The van der Waals surface area contributed by atoms with Gasteiger partial charge in [-0.3, -0.25) is 0 Å². The molecule has 0 bridgehead atoms. The summed E-state index contributed by atoms with van der Waals surface area (Å²) in [4.78, 5) is 13.4. The van der Waals surface area contributed by atoms with Gasteiger partial charge in [0, 0.05) is 13.1 Å². The molecule has 150 valence electrons. The monoisotopic (exact) mass is 396 g/mol. The van der Waals surface area contributed by atoms with Gasteiger partial charge in [0.2, 0.25) is 10.0 Å². The fourth-order valence-electron chi connectivity index (χ4n) is 4.01. The summed E-state index contributed by atoms with van der Waals surface area (Å²) in [5, 5.41) is 14.6. The maximum Gasteiger partial charge on any atom is 0.337 e. The SMILES string of the molecule is CC1CCC(OC2CCN(c3ccc(S(N)(=O)=O)cc3C(=O)O)CC2)CC1. The molecule has 0 amide bonds. The van der Waals surface area contributed by atoms with Crippen LogP contribution in [0.5, 0.6) is 0 Å². The predicted molar refractivity (Wildman–Crippen MR) is 103 cm³/mol. The van der Waals surface area contributed by atoms with Crippen LogP contribution in [0.25, 0.3) is 0 Å². The molecular weight excluding hydrogens is 368 g/mol. The number of carboxylic acid groups (broad SMARTS) is 1. The summed E-state index contributed by atoms with van der Waals surface area (Å²) in [6.45, 7) is 3.65. The Morgan fingerprint density at radius 1 is 1.11 bits per heavy atom. The van der Waals surface area contributed by atoms with Crippen LogP contribution in [-0.4, -0.2) is 44.8 Å². The summed E-state index contributed by atoms with van der Waals surface area (Å²) in [5.74, 6) is -0.369. The number of ether oxygens (including phenoxy) is 1. The molecule has 1 heterocycles. The zero-order chi connectivity index (χ0) is 19.6. The van der Waals surface area contributed by atoms with E-state index in [1.54, 1.807) is 0 Å². The lowest BCUT2D eigenvalue weighted by atomic mass is 9.88. The number of sulfonamides is 1. The molecule has 3 rings (SSSR count). The van der Waals surface area contributed by atoms with E-state index in [9.17, 15) is 18.3 Å². The highest BCUT2D eigenvalue weighted by molar-refractivity contribution is 7.89. The lowest BCUT2D eigenvalue weighted by Crippen LogP contribution is -2.39. The average Bonchev–Trinajstić information content (AvgIpc) is 2.63. The number of nitrogens with zero attached hydrogens (tertiary/aromatic N) is 1. The lowest BCUT2D eigenvalue weighted by Gasteiger charge is -2.37. The molecule has 1 aromatic rings. The molecule has 0 aromatic heterocycles. The van der Waals surface area contributed by atoms with Crippen LogP contribution >= 0.6 is 0 Å². The second-order valence-corrected chi connectivity index (χ2v) is 9.29. The van der Waals surface area contributed by atoms with E-state index in [2.05, 4.69) is 6.92 Å². The molecule has 1 saturated heterocycles. The highest BCUT2D eigenvalue weighted by Crippen LogP contribution is 2.30. The molecule has 8 heteroatoms. The Hall–Kier alpha value is -1.64. The van der Waals surface area contributed by atoms with Crippen molar-refractivity contribution in [3.05, 3.63) is 23.8 Å². The minimum Gasteiger partial charge on any atom is -0.478 e. The number of anilines is 1. The highest BCUT2D eigenvalue weighted by atomic mass is 32.2. The maximum absolute atomic E-state index is 11.6. The fourth-order valence-corrected chi connectivity index (χ4v) is 4.55. The average molecular weight is 397 g/mol. The van der Waals surface area contributed by atoms with Crippen LogP contribution in [0.3, 0.4) is 0 Å². The van der Waals surface area contributed by atoms with Gasteiger partial charge >= 0.3 is 5.97 Å². The van der Waals surface area contributed by atoms with Crippen molar-refractivity contribution in [1.82, 2.24) is 0 Å². The van der Waals surface area contributed by atoms with Crippen LogP contribution in [0.4, 0.5) is 5.69 Å². The third-order valence-corrected chi connectivity index (χ3v) is 6.57. The van der Waals surface area contributed by atoms with Gasteiger partial charge in [0.25, 0.3) is 0 Å². The van der Waals surface area contributed by atoms with Gasteiger partial charge in [0.1, 0.15) is 0 Å². The number of primary sulfonamides is 1. The van der Waals surface area contributed by atoms with E-state index in [1.807, 2.05) is 4.90 Å². The van der Waals surface area contributed by atoms with Gasteiger partial charge in [0.15, 0.2) is 0 Å². The first kappa shape index (κ1) is 20.1. The summed E-state index contributed by atoms with van der Waals surface area (Å²) >= 11 is 0. The van der Waals surface area contributed by atoms with Gasteiger partial charge in [0.05, 0.1) is 28.4 Å². The van der Waals surface area contributed by atoms with Crippen LogP contribution in [-0.2, 0) is 14.8 Å². The topological polar surface area (TPSA) is 110 Å². The summed E-state index contributed by atoms with van der Waals surface area (Å²) < 4.78 is 29.3. The smallest absolute Gasteiger partial charge is 0.337 e. The summed E-state index contributed by atoms with van der Waals surface area (Å²) in [6.07, 6.45) is 6.92. The Morgan fingerprint density at radius 3 is 2.26 bits per heavy atom. The zero-order valence-electron chi connectivity index (χ0n) is 15.6. The third-order valence-electron chi connectivity index (χ3n) is 5.66. The quantitative estimate of drug-likeness (QED) is 0.792. The van der Waals surface area contributed by atoms with E-state index in [0.717, 1.165) is 37.7 Å². The third kappa shape index (κ3) is 5.00. The zero-order valence-corrected chi connectivity index (χ0v) is 16.5. The van der Waals surface area contributed by atoms with Crippen molar-refractivity contribution in [3.63, 3.8) is 0 Å². The van der Waals surface area contributed by atoms with Crippen LogP contribution < -0.4 is 10.0 Å². The Morgan fingerprint density at radius 2 is 1.70 bits per heavy atom. The first-order valence-corrected chi connectivity index (χ1v) is 11.1. The fraction of sp³-hybridized carbons (Fsp3) is 0.632. The molecule has 1 aromatic carbocycles. The van der Waals surface area contributed by atoms with E-state index in [0.29, 0.717) is 24.9 Å². The van der Waals surface area contributed by atoms with E-state index in [1.165, 1.54) is 25.0 Å². The summed E-state index contributed by atoms with van der Waals surface area (Å²) in [6, 6.07) is 4.04. The largest absolute Gasteiger partial charge is 0.478 e. The van der Waals surface area contributed by atoms with E-state index >= 15 is 0 Å². The number of rotatable bonds is 5. The Kier molecular flexibility index (Phi) is 6.08. The molecule has 2 fully saturated rings. The molecule has 1 saturated carbocycles. The van der Waals surface area contributed by atoms with Gasteiger partial charge in [-0.2, -0.15) is 0 Å². The van der Waals surface area contributed by atoms with Crippen molar-refractivity contribution in [1.29, 1.82) is 0 Å². The van der Waals surface area contributed by atoms with E-state index in [-0.39, 0.29) is 16.6 Å². The molecule has 0 unspecified atom stereocenters. The second-order valence-electron chi connectivity index (χ2n) is 7.73. The van der Waals surface area contributed by atoms with Gasteiger partial charge in [-0.05, 0) is 62.6 Å². The number of carboxylic acids is 1. The second kappa shape index (κ2) is 8.16. The standard InChI is InChI=1S/C19H28N2O5S/c1-13-2-4-14(5-3-13)26-15-8-10-21(11-9-15)18-7-6-16(27(20,24)25)12-17(18)19(22)23/h6-7,12-15H,2-5,8-11H2,1H3,(H,22,23)(H2,20,24,25). The van der Waals surface area contributed by atoms with Crippen molar-refractivity contribution < 1.29 is 23.1 Å². The maximum atomic E-state index is 11.6. The molecule has 27 heavy (non-hydrogen) atoms. The lowest BCUT2D eigenvalue weighted by molar-refractivity contribution is -0.0447. The number of nitrogens with two attached hydrogens (primary N) is 1. The van der Waals surface area contributed by atoms with Gasteiger partial charge < -0.3 is 14.7 Å². The first-order chi connectivity index (χ1) is 12.7. The molecule has 0 radical (unpaired) electrons. The van der Waals surface area contributed by atoms with Crippen molar-refractivity contribution in [2.45, 2.75) is 62.6 Å². The number of hydrogen-bond acceptors (Lipinski definition) is 5. The molecule has 2 aliphatic rings. The summed E-state index contributed by atoms with van der Waals surface area (Å²) in [7, 11) is -3.94. The van der Waals surface area contributed by atoms with Gasteiger partial charge in [-0.1, -0.05) is 6.92 Å². The van der Waals surface area contributed by atoms with E-state index < -0.39 is 16.0 Å². The normalized spacial score (nSPS) is 24.7. The minimum atomic E-state index is -3.94. The van der Waals surface area contributed by atoms with Gasteiger partial charge in [-0.15, -0.1) is 0 Å². The minimum absolute atomic E-state index is 0.0397. The predicted octanol–water partition coefficient (Wildman–Crippen LogP) is 2.60. The molecule has 0 atom stereocenters. The molecule has 1 aliphatic heterocycles. The van der Waals surface area contributed by atoms with Crippen molar-refractivity contribution in [2.24, 2.45) is 11.1 Å². The molecular formula is C19H28N2O5S. The van der Waals surface area contributed by atoms with E-state index in [4.69, 9.17) is 9.88 Å². The number of hydrogen-bond donors (Lipinski definition) is 2. The van der Waals surface area contributed by atoms with Crippen LogP contribution in [0.15, 0.2) is 23.1 Å². The molecule has 3 N–H and O–H groups in total. The molecule has 0 spiro atoms.